The van der Waals surface area contributed by atoms with E-state index in [0.717, 1.165) is 22.6 Å². The number of nitrogens with one attached hydrogen (secondary N) is 1. The van der Waals surface area contributed by atoms with Gasteiger partial charge in [0.25, 0.3) is 0 Å². The van der Waals surface area contributed by atoms with Gasteiger partial charge in [0.2, 0.25) is 24.6 Å². The minimum atomic E-state index is -0.292. The van der Waals surface area contributed by atoms with Crippen molar-refractivity contribution in [2.75, 3.05) is 51.1 Å². The number of fused-ring (bicyclic) bond motifs is 2. The van der Waals surface area contributed by atoms with Gasteiger partial charge in [-0.2, -0.15) is 4.98 Å². The van der Waals surface area contributed by atoms with E-state index in [-0.39, 0.29) is 37.5 Å². The zero-order valence-electron chi connectivity index (χ0n) is 24.6. The third-order valence-corrected chi connectivity index (χ3v) is 8.05. The Morgan fingerprint density at radius 1 is 0.889 bits per heavy atom. The molecule has 7 rings (SSSR count). The van der Waals surface area contributed by atoms with Crippen LogP contribution in [0.1, 0.15) is 17.5 Å². The van der Waals surface area contributed by atoms with Crippen LogP contribution in [0.3, 0.4) is 0 Å². The summed E-state index contributed by atoms with van der Waals surface area (Å²) < 4.78 is 23.9. The molecule has 0 bridgehead atoms. The first-order valence-electron chi connectivity index (χ1n) is 15.0. The molecule has 1 unspecified atom stereocenters. The number of amides is 2. The number of anilines is 1. The van der Waals surface area contributed by atoms with Gasteiger partial charge in [-0.3, -0.25) is 14.2 Å². The second kappa shape index (κ2) is 12.7. The number of hydrogen-bond acceptors (Lipinski definition) is 10. The third kappa shape index (κ3) is 6.47. The second-order valence-corrected chi connectivity index (χ2v) is 11.0. The first-order valence-corrected chi connectivity index (χ1v) is 15.0. The predicted molar refractivity (Wildman–Crippen MR) is 162 cm³/mol. The van der Waals surface area contributed by atoms with E-state index >= 15 is 0 Å². The van der Waals surface area contributed by atoms with Gasteiger partial charge in [-0.05, 0) is 47.9 Å². The molecule has 3 aliphatic heterocycles. The molecule has 2 aromatic heterocycles. The quantitative estimate of drug-likeness (QED) is 0.300. The number of rotatable bonds is 9. The Labute approximate surface area is 259 Å². The summed E-state index contributed by atoms with van der Waals surface area (Å²) in [7, 11) is 0. The molecule has 1 saturated heterocycles. The van der Waals surface area contributed by atoms with Crippen LogP contribution >= 0.6 is 0 Å². The molecule has 1 fully saturated rings. The molecular formula is C32H33N7O6. The Hall–Kier alpha value is -5.33. The van der Waals surface area contributed by atoms with E-state index in [1.54, 1.807) is 29.5 Å². The maximum Gasteiger partial charge on any atom is 0.236 e. The number of piperazine rings is 1. The van der Waals surface area contributed by atoms with Gasteiger partial charge in [-0.15, -0.1) is 0 Å². The molecule has 1 N–H and O–H groups in total. The van der Waals surface area contributed by atoms with Crippen LogP contribution in [-0.2, 0) is 22.4 Å². The molecule has 45 heavy (non-hydrogen) atoms. The van der Waals surface area contributed by atoms with Crippen molar-refractivity contribution in [1.82, 2.24) is 29.7 Å². The van der Waals surface area contributed by atoms with Crippen molar-refractivity contribution in [3.63, 3.8) is 0 Å². The molecule has 1 atom stereocenters. The summed E-state index contributed by atoms with van der Waals surface area (Å²) in [6, 6.07) is 12.9. The fourth-order valence-corrected chi connectivity index (χ4v) is 5.77. The maximum absolute atomic E-state index is 13.5. The Morgan fingerprint density at radius 2 is 1.67 bits per heavy atom. The monoisotopic (exact) mass is 611 g/mol. The minimum absolute atomic E-state index is 0.0145. The van der Waals surface area contributed by atoms with Gasteiger partial charge in [0, 0.05) is 51.2 Å². The summed E-state index contributed by atoms with van der Waals surface area (Å²) in [4.78, 5) is 43.9. The molecule has 0 saturated carbocycles. The zero-order chi connectivity index (χ0) is 30.6. The smallest absolute Gasteiger partial charge is 0.236 e. The largest absolute Gasteiger partial charge is 0.486 e. The Balaban J connectivity index is 1.03. The lowest BCUT2D eigenvalue weighted by Gasteiger charge is -2.42. The van der Waals surface area contributed by atoms with Crippen molar-refractivity contribution in [3.8, 4) is 28.9 Å². The summed E-state index contributed by atoms with van der Waals surface area (Å²) in [5.41, 5.74) is 1.90. The lowest BCUT2D eigenvalue weighted by Crippen LogP contribution is -2.56. The minimum Gasteiger partial charge on any atom is -0.486 e. The predicted octanol–water partition coefficient (Wildman–Crippen LogP) is 2.17. The average Bonchev–Trinajstić information content (AvgIpc) is 3.78. The summed E-state index contributed by atoms with van der Waals surface area (Å²) in [6.45, 7) is 3.11. The molecule has 2 aromatic carbocycles. The number of hydrogen-bond donors (Lipinski definition) is 1. The van der Waals surface area contributed by atoms with E-state index in [4.69, 9.17) is 23.9 Å². The van der Waals surface area contributed by atoms with E-state index in [1.807, 2.05) is 47.4 Å². The van der Waals surface area contributed by atoms with Crippen LogP contribution in [0, 0.1) is 0 Å². The molecule has 4 aromatic rings. The molecule has 0 spiro atoms. The van der Waals surface area contributed by atoms with Gasteiger partial charge >= 0.3 is 0 Å². The summed E-state index contributed by atoms with van der Waals surface area (Å²) in [5, 5.41) is 3.06. The van der Waals surface area contributed by atoms with E-state index < -0.39 is 0 Å². The number of nitrogens with zero attached hydrogens (tertiary/aromatic N) is 6. The van der Waals surface area contributed by atoms with Gasteiger partial charge < -0.3 is 34.1 Å². The van der Waals surface area contributed by atoms with Gasteiger partial charge in [-0.1, -0.05) is 12.1 Å². The fraction of sp³-hybridized carbons (Fsp3) is 0.344. The van der Waals surface area contributed by atoms with Crippen molar-refractivity contribution in [1.29, 1.82) is 0 Å². The molecule has 13 heteroatoms. The summed E-state index contributed by atoms with van der Waals surface area (Å²) >= 11 is 0. The van der Waals surface area contributed by atoms with Gasteiger partial charge in [0.05, 0.1) is 12.5 Å². The number of carbonyl (C=O) groups excluding carboxylic acids is 2. The highest BCUT2D eigenvalue weighted by Crippen LogP contribution is 2.33. The average molecular weight is 612 g/mol. The molecule has 0 aliphatic carbocycles. The van der Waals surface area contributed by atoms with Crippen molar-refractivity contribution in [2.24, 2.45) is 0 Å². The van der Waals surface area contributed by atoms with Gasteiger partial charge in [-0.25, -0.2) is 9.97 Å². The normalized spacial score (nSPS) is 16.8. The number of imidazole rings is 1. The van der Waals surface area contributed by atoms with Crippen LogP contribution in [0.5, 0.6) is 23.0 Å². The van der Waals surface area contributed by atoms with Crippen LogP contribution in [0.4, 0.5) is 5.82 Å². The van der Waals surface area contributed by atoms with E-state index in [0.29, 0.717) is 69.1 Å². The van der Waals surface area contributed by atoms with Crippen LogP contribution in [0.2, 0.25) is 0 Å². The number of benzene rings is 2. The van der Waals surface area contributed by atoms with E-state index in [1.165, 1.54) is 0 Å². The summed E-state index contributed by atoms with van der Waals surface area (Å²) in [5.74, 6) is 3.85. The highest BCUT2D eigenvalue weighted by atomic mass is 16.7. The van der Waals surface area contributed by atoms with Crippen molar-refractivity contribution in [2.45, 2.75) is 25.3 Å². The standard InChI is InChI=1S/C32H33N7O6/c40-30(34-7-5-22-1-3-25-27(15-22)43-14-13-42-25)18-24-19-37(31(41)17-23-2-4-26-28(16-23)45-21-44-26)11-12-39(24)29-6-8-35-32(36-29)38-10-9-33-20-38/h1-4,6,8-10,15-16,20,24H,5,7,11-14,17-19,21H2,(H,34,40). The third-order valence-electron chi connectivity index (χ3n) is 8.05. The van der Waals surface area contributed by atoms with Crippen molar-refractivity contribution < 1.29 is 28.5 Å². The first kappa shape index (κ1) is 28.4. The fourth-order valence-electron chi connectivity index (χ4n) is 5.77. The van der Waals surface area contributed by atoms with Crippen LogP contribution in [0.15, 0.2) is 67.4 Å². The zero-order valence-corrected chi connectivity index (χ0v) is 24.6. The SMILES string of the molecule is O=C(CC1CN(C(=O)Cc2ccc3c(c2)OCO3)CCN1c1ccnc(-n2ccnc2)n1)NCCc1ccc2c(c1)OCCO2. The molecule has 5 heterocycles. The highest BCUT2D eigenvalue weighted by molar-refractivity contribution is 5.80. The lowest BCUT2D eigenvalue weighted by molar-refractivity contribution is -0.132. The molecule has 232 valence electrons. The second-order valence-electron chi connectivity index (χ2n) is 11.0. The topological polar surface area (TPSA) is 133 Å². The molecular weight excluding hydrogens is 578 g/mol. The lowest BCUT2D eigenvalue weighted by atomic mass is 10.1. The van der Waals surface area contributed by atoms with Gasteiger partial charge in [0.15, 0.2) is 23.0 Å². The maximum atomic E-state index is 13.5. The van der Waals surface area contributed by atoms with Crippen LogP contribution < -0.4 is 29.2 Å². The van der Waals surface area contributed by atoms with Gasteiger partial charge in [0.1, 0.15) is 25.4 Å². The number of aromatic nitrogens is 4. The van der Waals surface area contributed by atoms with E-state index in [9.17, 15) is 9.59 Å². The highest BCUT2D eigenvalue weighted by Gasteiger charge is 2.32. The van der Waals surface area contributed by atoms with Crippen LogP contribution in [0.25, 0.3) is 5.95 Å². The molecule has 13 nitrogen and oxygen atoms in total. The van der Waals surface area contributed by atoms with Crippen LogP contribution in [-0.4, -0.2) is 88.5 Å². The van der Waals surface area contributed by atoms with Crippen molar-refractivity contribution >= 4 is 17.6 Å². The Bertz CT molecular complexity index is 1680. The first-order chi connectivity index (χ1) is 22.1. The molecule has 2 amide bonds. The summed E-state index contributed by atoms with van der Waals surface area (Å²) in [6.07, 6.45) is 7.84. The number of ether oxygens (including phenoxy) is 4. The molecule has 0 radical (unpaired) electrons. The molecule has 3 aliphatic rings. The number of carbonyl (C=O) groups is 2. The Morgan fingerprint density at radius 3 is 2.53 bits per heavy atom. The van der Waals surface area contributed by atoms with E-state index in [2.05, 4.69) is 20.2 Å². The Kier molecular flexibility index (Phi) is 8.04. The van der Waals surface area contributed by atoms with Crippen molar-refractivity contribution in [3.05, 3.63) is 78.5 Å².